The molecule has 0 aromatic heterocycles. The van der Waals surface area contributed by atoms with Crippen molar-refractivity contribution in [1.82, 2.24) is 0 Å². The van der Waals surface area contributed by atoms with E-state index in [9.17, 15) is 0 Å². The van der Waals surface area contributed by atoms with Gasteiger partial charge in [-0.1, -0.05) is 72.8 Å². The van der Waals surface area contributed by atoms with Gasteiger partial charge >= 0.3 is 0 Å². The van der Waals surface area contributed by atoms with E-state index in [0.717, 1.165) is 35.1 Å². The zero-order chi connectivity index (χ0) is 22.4. The van der Waals surface area contributed by atoms with Gasteiger partial charge in [0.25, 0.3) is 0 Å². The molecule has 0 bridgehead atoms. The summed E-state index contributed by atoms with van der Waals surface area (Å²) in [5.74, 6) is 1.54. The Morgan fingerprint density at radius 1 is 0.758 bits per heavy atom. The van der Waals surface area contributed by atoms with Crippen LogP contribution in [0.1, 0.15) is 17.5 Å². The minimum Gasteiger partial charge on any atom is -0.493 e. The van der Waals surface area contributed by atoms with Crippen LogP contribution in [0.15, 0.2) is 90.5 Å². The third-order valence-electron chi connectivity index (χ3n) is 6.94. The number of hydrogen-bond acceptors (Lipinski definition) is 3. The second-order valence-corrected chi connectivity index (χ2v) is 8.69. The average Bonchev–Trinajstić information content (AvgIpc) is 2.86. The number of methoxy groups -OCH3 is 2. The Morgan fingerprint density at radius 3 is 2.12 bits per heavy atom. The summed E-state index contributed by atoms with van der Waals surface area (Å²) in [6.45, 7) is 0. The molecule has 0 amide bonds. The van der Waals surface area contributed by atoms with E-state index in [1.54, 1.807) is 19.8 Å². The summed E-state index contributed by atoms with van der Waals surface area (Å²) in [5, 5.41) is 5.04. The molecule has 4 aromatic rings. The van der Waals surface area contributed by atoms with Crippen LogP contribution in [0.5, 0.6) is 11.5 Å². The molecule has 0 radical (unpaired) electrons. The zero-order valence-corrected chi connectivity index (χ0v) is 18.9. The molecule has 4 aromatic carbocycles. The van der Waals surface area contributed by atoms with Gasteiger partial charge in [0.2, 0.25) is 0 Å². The van der Waals surface area contributed by atoms with Crippen molar-refractivity contribution in [2.75, 3.05) is 14.2 Å². The predicted molar refractivity (Wildman–Crippen MR) is 134 cm³/mol. The molecule has 0 saturated carbocycles. The lowest BCUT2D eigenvalue weighted by Crippen LogP contribution is -2.45. The molecule has 3 nitrogen and oxygen atoms in total. The fourth-order valence-electron chi connectivity index (χ4n) is 5.33. The van der Waals surface area contributed by atoms with Crippen LogP contribution in [0.3, 0.4) is 0 Å². The maximum absolute atomic E-state index is 6.01. The van der Waals surface area contributed by atoms with Crippen molar-refractivity contribution >= 4 is 27.1 Å². The Hall–Kier alpha value is -3.56. The molecule has 0 N–H and O–H groups in total. The summed E-state index contributed by atoms with van der Waals surface area (Å²) >= 11 is 0. The van der Waals surface area contributed by atoms with E-state index in [1.165, 1.54) is 27.5 Å². The summed E-state index contributed by atoms with van der Waals surface area (Å²) in [4.78, 5) is 0. The standard InChI is InChI=1S/C18H14O.C12H12O2/c1-2-5-12-11(4-1)8-9-13-14-6-3-7-16-18(14)17(19-16)10-15(12)13;1-13-11-7-9-5-3-4-6-10(9)8-12(11)14-2/h1-6,8-9,16-17H,7,10H2;3-8H,1-2H3. The van der Waals surface area contributed by atoms with Crippen LogP contribution in [-0.4, -0.2) is 26.4 Å². The quantitative estimate of drug-likeness (QED) is 0.350. The molecule has 2 unspecified atom stereocenters. The Balaban J connectivity index is 0.000000132. The summed E-state index contributed by atoms with van der Waals surface area (Å²) < 4.78 is 16.4. The molecule has 3 aliphatic rings. The second-order valence-electron chi connectivity index (χ2n) is 8.69. The lowest BCUT2D eigenvalue weighted by atomic mass is 9.74. The summed E-state index contributed by atoms with van der Waals surface area (Å²) in [6, 6.07) is 25.3. The first kappa shape index (κ1) is 20.1. The lowest BCUT2D eigenvalue weighted by Gasteiger charge is -2.45. The number of hydrogen-bond donors (Lipinski definition) is 0. The molecule has 164 valence electrons. The van der Waals surface area contributed by atoms with E-state index < -0.39 is 0 Å². The normalized spacial score (nSPS) is 19.8. The van der Waals surface area contributed by atoms with Crippen molar-refractivity contribution in [1.29, 1.82) is 0 Å². The monoisotopic (exact) mass is 434 g/mol. The van der Waals surface area contributed by atoms with E-state index in [-0.39, 0.29) is 0 Å². The summed E-state index contributed by atoms with van der Waals surface area (Å²) in [7, 11) is 3.29. The van der Waals surface area contributed by atoms with E-state index in [1.807, 2.05) is 24.3 Å². The smallest absolute Gasteiger partial charge is 0.161 e. The minimum absolute atomic E-state index is 0.336. The first-order chi connectivity index (χ1) is 16.3. The van der Waals surface area contributed by atoms with Crippen LogP contribution >= 0.6 is 0 Å². The van der Waals surface area contributed by atoms with Gasteiger partial charge in [-0.2, -0.15) is 0 Å². The number of fused-ring (bicyclic) bond motifs is 5. The molecular weight excluding hydrogens is 408 g/mol. The van der Waals surface area contributed by atoms with Gasteiger partial charge in [0.1, 0.15) is 0 Å². The zero-order valence-electron chi connectivity index (χ0n) is 18.9. The van der Waals surface area contributed by atoms with Crippen molar-refractivity contribution in [2.45, 2.75) is 25.0 Å². The molecule has 3 heteroatoms. The van der Waals surface area contributed by atoms with Crippen LogP contribution in [0.2, 0.25) is 0 Å². The average molecular weight is 435 g/mol. The van der Waals surface area contributed by atoms with Gasteiger partial charge in [0, 0.05) is 6.42 Å². The molecule has 2 aliphatic carbocycles. The van der Waals surface area contributed by atoms with Crippen molar-refractivity contribution in [3.63, 3.8) is 0 Å². The molecule has 1 fully saturated rings. The first-order valence-corrected chi connectivity index (χ1v) is 11.4. The maximum Gasteiger partial charge on any atom is 0.161 e. The van der Waals surface area contributed by atoms with Crippen molar-refractivity contribution in [2.24, 2.45) is 0 Å². The van der Waals surface area contributed by atoms with Crippen LogP contribution in [0.25, 0.3) is 27.1 Å². The van der Waals surface area contributed by atoms with Gasteiger partial charge in [-0.3, -0.25) is 0 Å². The van der Waals surface area contributed by atoms with Gasteiger partial charge in [-0.05, 0) is 62.4 Å². The van der Waals surface area contributed by atoms with Gasteiger partial charge in [-0.25, -0.2) is 0 Å². The van der Waals surface area contributed by atoms with Gasteiger partial charge in [0.05, 0.1) is 26.4 Å². The molecule has 7 rings (SSSR count). The Kier molecular flexibility index (Phi) is 4.92. The van der Waals surface area contributed by atoms with E-state index in [2.05, 4.69) is 60.7 Å². The van der Waals surface area contributed by atoms with Crippen LogP contribution in [-0.2, 0) is 11.2 Å². The number of allylic oxidation sites excluding steroid dienone is 2. The van der Waals surface area contributed by atoms with Crippen LogP contribution in [0, 0.1) is 0 Å². The predicted octanol–water partition coefficient (Wildman–Crippen LogP) is 6.73. The molecule has 1 aliphatic heterocycles. The Morgan fingerprint density at radius 2 is 1.42 bits per heavy atom. The highest BCUT2D eigenvalue weighted by Crippen LogP contribution is 2.47. The first-order valence-electron chi connectivity index (χ1n) is 11.4. The van der Waals surface area contributed by atoms with Crippen molar-refractivity contribution in [3.8, 4) is 11.5 Å². The van der Waals surface area contributed by atoms with E-state index >= 15 is 0 Å². The van der Waals surface area contributed by atoms with Crippen LogP contribution in [0.4, 0.5) is 0 Å². The van der Waals surface area contributed by atoms with E-state index in [4.69, 9.17) is 14.2 Å². The SMILES string of the molecule is C1=CC2=C3C(C1)OC3Cc1c2ccc2ccccc12.COc1cc2ccccc2cc1OC. The third-order valence-corrected chi connectivity index (χ3v) is 6.94. The van der Waals surface area contributed by atoms with Crippen LogP contribution < -0.4 is 9.47 Å². The molecule has 0 spiro atoms. The third kappa shape index (κ3) is 3.32. The van der Waals surface area contributed by atoms with E-state index in [0.29, 0.717) is 12.2 Å². The highest BCUT2D eigenvalue weighted by atomic mass is 16.5. The fourth-order valence-corrected chi connectivity index (χ4v) is 5.33. The number of ether oxygens (including phenoxy) is 3. The summed E-state index contributed by atoms with van der Waals surface area (Å²) in [5.41, 5.74) is 5.87. The fraction of sp³-hybridized carbons (Fsp3) is 0.200. The molecule has 2 atom stereocenters. The Bertz CT molecular complexity index is 1390. The minimum atomic E-state index is 0.336. The number of rotatable bonds is 2. The molecule has 33 heavy (non-hydrogen) atoms. The van der Waals surface area contributed by atoms with Crippen molar-refractivity contribution in [3.05, 3.63) is 102 Å². The van der Waals surface area contributed by atoms with Crippen molar-refractivity contribution < 1.29 is 14.2 Å². The Labute approximate surface area is 193 Å². The number of benzene rings is 4. The maximum atomic E-state index is 6.01. The van der Waals surface area contributed by atoms with Gasteiger partial charge in [-0.15, -0.1) is 0 Å². The summed E-state index contributed by atoms with van der Waals surface area (Å²) in [6.07, 6.45) is 7.35. The molecular formula is C30H26O3. The highest BCUT2D eigenvalue weighted by Gasteiger charge is 2.42. The lowest BCUT2D eigenvalue weighted by molar-refractivity contribution is -0.0547. The largest absolute Gasteiger partial charge is 0.493 e. The second kappa shape index (κ2) is 8.09. The molecule has 1 heterocycles. The van der Waals surface area contributed by atoms with Gasteiger partial charge < -0.3 is 14.2 Å². The highest BCUT2D eigenvalue weighted by molar-refractivity contribution is 5.95. The van der Waals surface area contributed by atoms with Gasteiger partial charge in [0.15, 0.2) is 11.5 Å². The topological polar surface area (TPSA) is 27.7 Å². The molecule has 1 saturated heterocycles.